The highest BCUT2D eigenvalue weighted by Gasteiger charge is 2.14. The average Bonchev–Trinajstić information content (AvgIpc) is 2.46. The van der Waals surface area contributed by atoms with Crippen molar-refractivity contribution in [2.24, 2.45) is 0 Å². The Hall–Kier alpha value is -1.72. The first-order valence-corrected chi connectivity index (χ1v) is 8.44. The second-order valence-electron chi connectivity index (χ2n) is 6.25. The summed E-state index contributed by atoms with van der Waals surface area (Å²) in [5.41, 5.74) is 2.64. The number of thiocarbonyl (C=S) groups is 1. The van der Waals surface area contributed by atoms with Crippen LogP contribution in [0.4, 0.5) is 5.69 Å². The van der Waals surface area contributed by atoms with Gasteiger partial charge in [0.15, 0.2) is 5.11 Å². The molecule has 2 N–H and O–H groups in total. The summed E-state index contributed by atoms with van der Waals surface area (Å²) in [6.45, 7) is 6.41. The molecule has 1 amide bonds. The molecule has 0 unspecified atom stereocenters. The minimum Gasteiger partial charge on any atom is -0.332 e. The number of hydrogen-bond acceptors (Lipinski definition) is 2. The van der Waals surface area contributed by atoms with Gasteiger partial charge in [-0.1, -0.05) is 54.9 Å². The number of amides is 1. The van der Waals surface area contributed by atoms with Gasteiger partial charge in [0.1, 0.15) is 0 Å². The second kappa shape index (κ2) is 7.23. The lowest BCUT2D eigenvalue weighted by molar-refractivity contribution is 0.0977. The van der Waals surface area contributed by atoms with Gasteiger partial charge in [-0.15, -0.1) is 0 Å². The molecule has 5 heteroatoms. The van der Waals surface area contributed by atoms with Crippen molar-refractivity contribution < 1.29 is 4.79 Å². The van der Waals surface area contributed by atoms with Crippen molar-refractivity contribution in [3.8, 4) is 0 Å². The van der Waals surface area contributed by atoms with Gasteiger partial charge >= 0.3 is 0 Å². The SMILES string of the molecule is CC(C)(C)c1ccc(C(=O)NC(=S)Nc2cccc(Br)c2)cc1. The van der Waals surface area contributed by atoms with Crippen LogP contribution in [0, 0.1) is 0 Å². The Balaban J connectivity index is 2.00. The molecule has 0 bridgehead atoms. The molecule has 0 atom stereocenters. The summed E-state index contributed by atoms with van der Waals surface area (Å²) < 4.78 is 0.939. The Morgan fingerprint density at radius 3 is 2.30 bits per heavy atom. The van der Waals surface area contributed by atoms with Crippen LogP contribution in [-0.4, -0.2) is 11.0 Å². The summed E-state index contributed by atoms with van der Waals surface area (Å²) in [5, 5.41) is 5.95. The highest BCUT2D eigenvalue weighted by atomic mass is 79.9. The third-order valence-electron chi connectivity index (χ3n) is 3.32. The number of rotatable bonds is 2. The van der Waals surface area contributed by atoms with Gasteiger partial charge in [-0.3, -0.25) is 10.1 Å². The quantitative estimate of drug-likeness (QED) is 0.718. The molecular formula is C18H19BrN2OS. The van der Waals surface area contributed by atoms with Crippen LogP contribution in [0.25, 0.3) is 0 Å². The van der Waals surface area contributed by atoms with Gasteiger partial charge in [-0.2, -0.15) is 0 Å². The molecule has 2 aromatic rings. The summed E-state index contributed by atoms with van der Waals surface area (Å²) in [7, 11) is 0. The predicted octanol–water partition coefficient (Wildman–Crippen LogP) is 4.87. The third kappa shape index (κ3) is 5.15. The minimum absolute atomic E-state index is 0.0621. The van der Waals surface area contributed by atoms with Crippen LogP contribution >= 0.6 is 28.1 Å². The molecule has 0 fully saturated rings. The fourth-order valence-electron chi connectivity index (χ4n) is 2.03. The smallest absolute Gasteiger partial charge is 0.257 e. The third-order valence-corrected chi connectivity index (χ3v) is 4.02. The standard InChI is InChI=1S/C18H19BrN2OS/c1-18(2,3)13-9-7-12(8-10-13)16(22)21-17(23)20-15-6-4-5-14(19)11-15/h4-11H,1-3H3,(H2,20,21,22,23). The first kappa shape index (κ1) is 17.6. The number of nitrogens with one attached hydrogen (secondary N) is 2. The molecule has 23 heavy (non-hydrogen) atoms. The zero-order valence-corrected chi connectivity index (χ0v) is 15.7. The summed E-state index contributed by atoms with van der Waals surface area (Å²) in [5.74, 6) is -0.224. The monoisotopic (exact) mass is 390 g/mol. The van der Waals surface area contributed by atoms with Crippen molar-refractivity contribution in [3.63, 3.8) is 0 Å². The fourth-order valence-corrected chi connectivity index (χ4v) is 2.64. The zero-order valence-electron chi connectivity index (χ0n) is 13.3. The van der Waals surface area contributed by atoms with Gasteiger partial charge in [-0.25, -0.2) is 0 Å². The largest absolute Gasteiger partial charge is 0.332 e. The second-order valence-corrected chi connectivity index (χ2v) is 7.57. The maximum atomic E-state index is 12.2. The molecule has 0 saturated carbocycles. The molecular weight excluding hydrogens is 372 g/mol. The van der Waals surface area contributed by atoms with E-state index in [0.29, 0.717) is 5.56 Å². The van der Waals surface area contributed by atoms with Crippen molar-refractivity contribution in [3.05, 3.63) is 64.1 Å². The van der Waals surface area contributed by atoms with Crippen molar-refractivity contribution in [2.75, 3.05) is 5.32 Å². The van der Waals surface area contributed by atoms with Crippen molar-refractivity contribution >= 4 is 44.9 Å². The van der Waals surface area contributed by atoms with Crippen molar-refractivity contribution in [1.82, 2.24) is 5.32 Å². The Morgan fingerprint density at radius 2 is 1.74 bits per heavy atom. The highest BCUT2D eigenvalue weighted by molar-refractivity contribution is 9.10. The molecule has 120 valence electrons. The maximum Gasteiger partial charge on any atom is 0.257 e. The van der Waals surface area contributed by atoms with Crippen LogP contribution in [0.15, 0.2) is 53.0 Å². The molecule has 3 nitrogen and oxygen atoms in total. The van der Waals surface area contributed by atoms with Crippen LogP contribution in [0.3, 0.4) is 0 Å². The van der Waals surface area contributed by atoms with E-state index >= 15 is 0 Å². The molecule has 0 aromatic heterocycles. The Morgan fingerprint density at radius 1 is 1.09 bits per heavy atom. The average molecular weight is 391 g/mol. The summed E-state index contributed by atoms with van der Waals surface area (Å²) in [4.78, 5) is 12.2. The number of halogens is 1. The lowest BCUT2D eigenvalue weighted by Crippen LogP contribution is -2.34. The molecule has 2 rings (SSSR count). The summed E-state index contributed by atoms with van der Waals surface area (Å²) in [6.07, 6.45) is 0. The lowest BCUT2D eigenvalue weighted by Gasteiger charge is -2.19. The van der Waals surface area contributed by atoms with Gasteiger partial charge in [0.25, 0.3) is 5.91 Å². The number of anilines is 1. The zero-order chi connectivity index (χ0) is 17.0. The fraction of sp³-hybridized carbons (Fsp3) is 0.222. The molecule has 0 aliphatic carbocycles. The molecule has 0 aliphatic rings. The van der Waals surface area contributed by atoms with Crippen LogP contribution in [0.2, 0.25) is 0 Å². The van der Waals surface area contributed by atoms with Gasteiger partial charge in [-0.05, 0) is 53.5 Å². The van der Waals surface area contributed by atoms with Crippen LogP contribution in [0.1, 0.15) is 36.7 Å². The van der Waals surface area contributed by atoms with E-state index in [2.05, 4.69) is 47.3 Å². The summed E-state index contributed by atoms with van der Waals surface area (Å²) in [6, 6.07) is 15.2. The first-order valence-electron chi connectivity index (χ1n) is 7.24. The first-order chi connectivity index (χ1) is 10.8. The Kier molecular flexibility index (Phi) is 5.55. The predicted molar refractivity (Wildman–Crippen MR) is 103 cm³/mol. The van der Waals surface area contributed by atoms with Crippen molar-refractivity contribution in [2.45, 2.75) is 26.2 Å². The van der Waals surface area contributed by atoms with Gasteiger partial charge in [0, 0.05) is 15.7 Å². The van der Waals surface area contributed by atoms with E-state index in [0.717, 1.165) is 10.2 Å². The Bertz CT molecular complexity index is 721. The normalized spacial score (nSPS) is 11.0. The van der Waals surface area contributed by atoms with Gasteiger partial charge in [0.2, 0.25) is 0 Å². The van der Waals surface area contributed by atoms with E-state index in [4.69, 9.17) is 12.2 Å². The van der Waals surface area contributed by atoms with Gasteiger partial charge < -0.3 is 5.32 Å². The molecule has 2 aromatic carbocycles. The highest BCUT2D eigenvalue weighted by Crippen LogP contribution is 2.22. The van der Waals surface area contributed by atoms with Crippen LogP contribution in [0.5, 0.6) is 0 Å². The van der Waals surface area contributed by atoms with E-state index in [1.807, 2.05) is 48.5 Å². The summed E-state index contributed by atoms with van der Waals surface area (Å²) >= 11 is 8.57. The topological polar surface area (TPSA) is 41.1 Å². The van der Waals surface area contributed by atoms with Crippen LogP contribution < -0.4 is 10.6 Å². The van der Waals surface area contributed by atoms with E-state index in [-0.39, 0.29) is 16.4 Å². The minimum atomic E-state index is -0.224. The molecule has 0 saturated heterocycles. The number of carbonyl (C=O) groups is 1. The Labute approximate surface area is 150 Å². The van der Waals surface area contributed by atoms with E-state index in [1.165, 1.54) is 5.56 Å². The maximum absolute atomic E-state index is 12.2. The van der Waals surface area contributed by atoms with Crippen LogP contribution in [-0.2, 0) is 5.41 Å². The lowest BCUT2D eigenvalue weighted by atomic mass is 9.87. The molecule has 0 radical (unpaired) electrons. The number of benzene rings is 2. The van der Waals surface area contributed by atoms with E-state index in [1.54, 1.807) is 0 Å². The van der Waals surface area contributed by atoms with Gasteiger partial charge in [0.05, 0.1) is 0 Å². The van der Waals surface area contributed by atoms with E-state index in [9.17, 15) is 4.79 Å². The number of hydrogen-bond donors (Lipinski definition) is 2. The van der Waals surface area contributed by atoms with Crippen molar-refractivity contribution in [1.29, 1.82) is 0 Å². The van der Waals surface area contributed by atoms with E-state index < -0.39 is 0 Å². The molecule has 0 spiro atoms. The molecule has 0 aliphatic heterocycles. The number of carbonyl (C=O) groups excluding carboxylic acids is 1. The molecule has 0 heterocycles.